The summed E-state index contributed by atoms with van der Waals surface area (Å²) in [5, 5.41) is 10.2. The Kier molecular flexibility index (Phi) is 7.95. The lowest BCUT2D eigenvalue weighted by Gasteiger charge is -2.23. The minimum Gasteiger partial charge on any atom is -0.350 e. The SMILES string of the molecule is Cl.Cl.O=C(Cn1cccn1)N[C@@H]1CCCNC1. The van der Waals surface area contributed by atoms with E-state index in [9.17, 15) is 4.79 Å². The Hall–Kier alpha value is -0.780. The average Bonchev–Trinajstić information content (AvgIpc) is 2.71. The van der Waals surface area contributed by atoms with Gasteiger partial charge in [0.2, 0.25) is 5.91 Å². The van der Waals surface area contributed by atoms with Gasteiger partial charge in [-0.3, -0.25) is 9.48 Å². The van der Waals surface area contributed by atoms with Crippen molar-refractivity contribution in [2.45, 2.75) is 25.4 Å². The van der Waals surface area contributed by atoms with E-state index in [1.165, 1.54) is 0 Å². The summed E-state index contributed by atoms with van der Waals surface area (Å²) in [5.41, 5.74) is 0. The molecule has 0 aromatic carbocycles. The first-order valence-corrected chi connectivity index (χ1v) is 5.32. The Morgan fingerprint density at radius 3 is 2.94 bits per heavy atom. The van der Waals surface area contributed by atoms with Crippen molar-refractivity contribution in [1.82, 2.24) is 20.4 Å². The van der Waals surface area contributed by atoms with Crippen molar-refractivity contribution in [2.75, 3.05) is 13.1 Å². The average molecular weight is 281 g/mol. The Balaban J connectivity index is 0.00000128. The normalized spacial score (nSPS) is 18.7. The fourth-order valence-electron chi connectivity index (χ4n) is 1.79. The number of hydrogen-bond acceptors (Lipinski definition) is 3. The first kappa shape index (κ1) is 16.2. The van der Waals surface area contributed by atoms with Gasteiger partial charge in [-0.15, -0.1) is 24.8 Å². The fraction of sp³-hybridized carbons (Fsp3) is 0.600. The monoisotopic (exact) mass is 280 g/mol. The van der Waals surface area contributed by atoms with Crippen LogP contribution in [0.25, 0.3) is 0 Å². The van der Waals surface area contributed by atoms with Crippen LogP contribution in [0.3, 0.4) is 0 Å². The van der Waals surface area contributed by atoms with Crippen LogP contribution in [-0.2, 0) is 11.3 Å². The molecule has 7 heteroatoms. The molecule has 1 aliphatic rings. The number of carbonyl (C=O) groups is 1. The zero-order chi connectivity index (χ0) is 10.5. The second-order valence-corrected chi connectivity index (χ2v) is 3.81. The number of hydrogen-bond donors (Lipinski definition) is 2. The van der Waals surface area contributed by atoms with E-state index in [1.54, 1.807) is 17.1 Å². The van der Waals surface area contributed by atoms with Crippen molar-refractivity contribution in [3.8, 4) is 0 Å². The summed E-state index contributed by atoms with van der Waals surface area (Å²) in [5.74, 6) is 0.0346. The van der Waals surface area contributed by atoms with Crippen LogP contribution in [0.5, 0.6) is 0 Å². The van der Waals surface area contributed by atoms with Crippen LogP contribution in [0.2, 0.25) is 0 Å². The second kappa shape index (κ2) is 8.33. The number of nitrogens with one attached hydrogen (secondary N) is 2. The van der Waals surface area contributed by atoms with Gasteiger partial charge in [-0.2, -0.15) is 5.10 Å². The van der Waals surface area contributed by atoms with Gasteiger partial charge in [0.1, 0.15) is 6.54 Å². The van der Waals surface area contributed by atoms with Crippen molar-refractivity contribution < 1.29 is 4.79 Å². The number of aromatic nitrogens is 2. The van der Waals surface area contributed by atoms with Gasteiger partial charge >= 0.3 is 0 Å². The lowest BCUT2D eigenvalue weighted by atomic mass is 10.1. The fourth-order valence-corrected chi connectivity index (χ4v) is 1.79. The number of piperidine rings is 1. The van der Waals surface area contributed by atoms with Crippen LogP contribution in [0.4, 0.5) is 0 Å². The number of halogens is 2. The summed E-state index contributed by atoms with van der Waals surface area (Å²) in [7, 11) is 0. The molecule has 0 aliphatic carbocycles. The predicted molar refractivity (Wildman–Crippen MR) is 70.8 cm³/mol. The lowest BCUT2D eigenvalue weighted by Crippen LogP contribution is -2.46. The Labute approximate surface area is 113 Å². The van der Waals surface area contributed by atoms with Crippen molar-refractivity contribution in [2.24, 2.45) is 0 Å². The number of rotatable bonds is 3. The number of carbonyl (C=O) groups excluding carboxylic acids is 1. The van der Waals surface area contributed by atoms with Crippen LogP contribution >= 0.6 is 24.8 Å². The molecule has 1 aromatic rings. The van der Waals surface area contributed by atoms with Gasteiger partial charge in [0.15, 0.2) is 0 Å². The minimum absolute atomic E-state index is 0. The van der Waals surface area contributed by atoms with Gasteiger partial charge in [0.05, 0.1) is 0 Å². The third-order valence-electron chi connectivity index (χ3n) is 2.53. The maximum atomic E-state index is 11.6. The molecule has 2 N–H and O–H groups in total. The highest BCUT2D eigenvalue weighted by Gasteiger charge is 2.15. The highest BCUT2D eigenvalue weighted by Crippen LogP contribution is 2.00. The van der Waals surface area contributed by atoms with Crippen LogP contribution in [0.1, 0.15) is 12.8 Å². The molecule has 1 fully saturated rings. The molecule has 1 aromatic heterocycles. The van der Waals surface area contributed by atoms with Gasteiger partial charge in [0.25, 0.3) is 0 Å². The first-order valence-electron chi connectivity index (χ1n) is 5.32. The molecule has 0 unspecified atom stereocenters. The topological polar surface area (TPSA) is 59.0 Å². The van der Waals surface area contributed by atoms with Gasteiger partial charge in [-0.1, -0.05) is 0 Å². The summed E-state index contributed by atoms with van der Waals surface area (Å²) in [6.07, 6.45) is 5.67. The number of amides is 1. The summed E-state index contributed by atoms with van der Waals surface area (Å²) >= 11 is 0. The molecule has 1 saturated heterocycles. The van der Waals surface area contributed by atoms with E-state index >= 15 is 0 Å². The van der Waals surface area contributed by atoms with Crippen LogP contribution < -0.4 is 10.6 Å². The highest BCUT2D eigenvalue weighted by atomic mass is 35.5. The first-order chi connectivity index (χ1) is 7.34. The summed E-state index contributed by atoms with van der Waals surface area (Å²) < 4.78 is 1.63. The van der Waals surface area contributed by atoms with E-state index in [-0.39, 0.29) is 36.8 Å². The number of nitrogens with zero attached hydrogens (tertiary/aromatic N) is 2. The van der Waals surface area contributed by atoms with Gasteiger partial charge in [-0.05, 0) is 25.5 Å². The molecule has 0 saturated carbocycles. The van der Waals surface area contributed by atoms with E-state index in [4.69, 9.17) is 0 Å². The highest BCUT2D eigenvalue weighted by molar-refractivity contribution is 5.85. The molecular weight excluding hydrogens is 263 g/mol. The molecule has 1 aliphatic heterocycles. The summed E-state index contributed by atoms with van der Waals surface area (Å²) in [4.78, 5) is 11.6. The summed E-state index contributed by atoms with van der Waals surface area (Å²) in [6.45, 7) is 2.25. The maximum absolute atomic E-state index is 11.6. The van der Waals surface area contributed by atoms with E-state index in [0.717, 1.165) is 25.9 Å². The zero-order valence-electron chi connectivity index (χ0n) is 9.46. The molecule has 2 rings (SSSR count). The standard InChI is InChI=1S/C10H16N4O.2ClH/c15-10(8-14-6-2-5-12-14)13-9-3-1-4-11-7-9;;/h2,5-6,9,11H,1,3-4,7-8H2,(H,13,15);2*1H/t9-;;/m1../s1. The van der Waals surface area contributed by atoms with Crippen LogP contribution in [-0.4, -0.2) is 34.8 Å². The van der Waals surface area contributed by atoms with Gasteiger partial charge in [0, 0.05) is 25.0 Å². The Morgan fingerprint density at radius 1 is 1.53 bits per heavy atom. The molecule has 17 heavy (non-hydrogen) atoms. The quantitative estimate of drug-likeness (QED) is 0.852. The largest absolute Gasteiger partial charge is 0.350 e. The van der Waals surface area contributed by atoms with E-state index in [2.05, 4.69) is 15.7 Å². The third-order valence-corrected chi connectivity index (χ3v) is 2.53. The lowest BCUT2D eigenvalue weighted by molar-refractivity contribution is -0.122. The van der Waals surface area contributed by atoms with Crippen LogP contribution in [0, 0.1) is 0 Å². The van der Waals surface area contributed by atoms with E-state index < -0.39 is 0 Å². The molecule has 98 valence electrons. The zero-order valence-corrected chi connectivity index (χ0v) is 11.1. The van der Waals surface area contributed by atoms with Crippen molar-refractivity contribution in [3.63, 3.8) is 0 Å². The minimum atomic E-state index is 0. The van der Waals surface area contributed by atoms with Crippen molar-refractivity contribution >= 4 is 30.7 Å². The molecular formula is C10H18Cl2N4O. The van der Waals surface area contributed by atoms with Crippen molar-refractivity contribution in [1.29, 1.82) is 0 Å². The predicted octanol–water partition coefficient (Wildman–Crippen LogP) is 0.595. The molecule has 1 atom stereocenters. The maximum Gasteiger partial charge on any atom is 0.241 e. The van der Waals surface area contributed by atoms with Crippen molar-refractivity contribution in [3.05, 3.63) is 18.5 Å². The Bertz CT molecular complexity index is 312. The Morgan fingerprint density at radius 2 is 2.35 bits per heavy atom. The van der Waals surface area contributed by atoms with Gasteiger partial charge in [-0.25, -0.2) is 0 Å². The van der Waals surface area contributed by atoms with E-state index in [1.807, 2.05) is 6.07 Å². The molecule has 1 amide bonds. The van der Waals surface area contributed by atoms with Crippen LogP contribution in [0.15, 0.2) is 18.5 Å². The molecule has 0 spiro atoms. The molecule has 0 radical (unpaired) electrons. The van der Waals surface area contributed by atoms with Gasteiger partial charge < -0.3 is 10.6 Å². The third kappa shape index (κ3) is 5.39. The molecule has 5 nitrogen and oxygen atoms in total. The van der Waals surface area contributed by atoms with E-state index in [0.29, 0.717) is 6.54 Å². The molecule has 2 heterocycles. The smallest absolute Gasteiger partial charge is 0.241 e. The molecule has 0 bridgehead atoms. The summed E-state index contributed by atoms with van der Waals surface area (Å²) in [6, 6.07) is 2.09. The second-order valence-electron chi connectivity index (χ2n) is 3.81.